The van der Waals surface area contributed by atoms with Crippen molar-refractivity contribution in [3.8, 4) is 0 Å². The number of benzene rings is 1. The van der Waals surface area contributed by atoms with Crippen LogP contribution in [-0.2, 0) is 9.53 Å². The third kappa shape index (κ3) is 2.92. The molecule has 0 spiro atoms. The third-order valence-electron chi connectivity index (χ3n) is 2.36. The fourth-order valence-corrected chi connectivity index (χ4v) is 1.86. The van der Waals surface area contributed by atoms with E-state index in [1.54, 1.807) is 0 Å². The minimum atomic E-state index is -0.434. The van der Waals surface area contributed by atoms with Crippen LogP contribution in [0.4, 0.5) is 0 Å². The van der Waals surface area contributed by atoms with Crippen molar-refractivity contribution >= 4 is 11.8 Å². The Labute approximate surface area is 95.4 Å². The van der Waals surface area contributed by atoms with Crippen LogP contribution in [0.2, 0.25) is 0 Å². The summed E-state index contributed by atoms with van der Waals surface area (Å²) in [6.07, 6.45) is 0. The van der Waals surface area contributed by atoms with Crippen LogP contribution in [0.25, 0.3) is 0 Å². The summed E-state index contributed by atoms with van der Waals surface area (Å²) in [5.74, 6) is -0.582. The molecule has 1 aromatic rings. The number of ether oxygens (including phenoxy) is 1. The number of ketones is 1. The second-order valence-corrected chi connectivity index (χ2v) is 3.98. The molecule has 86 valence electrons. The van der Waals surface area contributed by atoms with E-state index in [1.165, 1.54) is 6.92 Å². The molecule has 0 bridgehead atoms. The maximum Gasteiger partial charge on any atom is 0.303 e. The van der Waals surface area contributed by atoms with Gasteiger partial charge in [-0.25, -0.2) is 0 Å². The molecular weight excluding hydrogens is 204 g/mol. The fourth-order valence-electron chi connectivity index (χ4n) is 1.86. The van der Waals surface area contributed by atoms with E-state index in [2.05, 4.69) is 0 Å². The number of hydrogen-bond acceptors (Lipinski definition) is 3. The predicted molar refractivity (Wildman–Crippen MR) is 61.6 cm³/mol. The monoisotopic (exact) mass is 220 g/mol. The van der Waals surface area contributed by atoms with E-state index in [0.29, 0.717) is 5.56 Å². The van der Waals surface area contributed by atoms with Crippen molar-refractivity contribution in [1.29, 1.82) is 0 Å². The van der Waals surface area contributed by atoms with Crippen LogP contribution in [0.1, 0.15) is 34.0 Å². The molecule has 0 radical (unpaired) electrons. The minimum Gasteiger partial charge on any atom is -0.457 e. The number of hydrogen-bond donors (Lipinski definition) is 0. The van der Waals surface area contributed by atoms with Gasteiger partial charge in [-0.15, -0.1) is 0 Å². The van der Waals surface area contributed by atoms with Crippen LogP contribution in [0.3, 0.4) is 0 Å². The van der Waals surface area contributed by atoms with Gasteiger partial charge in [0, 0.05) is 12.5 Å². The van der Waals surface area contributed by atoms with Crippen LogP contribution < -0.4 is 0 Å². The van der Waals surface area contributed by atoms with Gasteiger partial charge in [0.25, 0.3) is 0 Å². The first-order valence-electron chi connectivity index (χ1n) is 5.16. The number of aryl methyl sites for hydroxylation is 3. The molecule has 0 aromatic heterocycles. The van der Waals surface area contributed by atoms with E-state index in [0.717, 1.165) is 16.7 Å². The highest BCUT2D eigenvalue weighted by atomic mass is 16.5. The average molecular weight is 220 g/mol. The van der Waals surface area contributed by atoms with Crippen molar-refractivity contribution in [3.05, 3.63) is 34.4 Å². The van der Waals surface area contributed by atoms with Crippen LogP contribution in [0.5, 0.6) is 0 Å². The quantitative estimate of drug-likeness (QED) is 0.580. The zero-order valence-corrected chi connectivity index (χ0v) is 10.1. The summed E-state index contributed by atoms with van der Waals surface area (Å²) in [6, 6.07) is 3.90. The van der Waals surface area contributed by atoms with Crippen LogP contribution >= 0.6 is 0 Å². The Bertz CT molecular complexity index is 410. The van der Waals surface area contributed by atoms with Crippen LogP contribution in [0.15, 0.2) is 12.1 Å². The maximum absolute atomic E-state index is 11.8. The Kier molecular flexibility index (Phi) is 3.82. The molecule has 1 aromatic carbocycles. The van der Waals surface area contributed by atoms with Crippen LogP contribution in [-0.4, -0.2) is 18.4 Å². The van der Waals surface area contributed by atoms with E-state index < -0.39 is 5.97 Å². The molecule has 0 saturated carbocycles. The summed E-state index contributed by atoms with van der Waals surface area (Å²) in [4.78, 5) is 22.5. The highest BCUT2D eigenvalue weighted by Crippen LogP contribution is 2.17. The van der Waals surface area contributed by atoms with Gasteiger partial charge in [0.05, 0.1) is 0 Å². The second kappa shape index (κ2) is 4.92. The van der Waals surface area contributed by atoms with Gasteiger partial charge in [-0.1, -0.05) is 17.7 Å². The molecule has 0 saturated heterocycles. The standard InChI is InChI=1S/C13H16O3/c1-8-5-9(2)13(10(3)6-8)12(15)7-16-11(4)14/h5-6H,7H2,1-4H3. The number of Topliss-reactive ketones (excluding diaryl/α,β-unsaturated/α-hetero) is 1. The second-order valence-electron chi connectivity index (χ2n) is 3.98. The number of rotatable bonds is 3. The van der Waals surface area contributed by atoms with Crippen molar-refractivity contribution in [2.24, 2.45) is 0 Å². The molecular formula is C13H16O3. The molecule has 1 rings (SSSR count). The maximum atomic E-state index is 11.8. The smallest absolute Gasteiger partial charge is 0.303 e. The average Bonchev–Trinajstić information content (AvgIpc) is 2.12. The van der Waals surface area contributed by atoms with E-state index in [9.17, 15) is 9.59 Å². The van der Waals surface area contributed by atoms with Crippen molar-refractivity contribution in [2.75, 3.05) is 6.61 Å². The van der Waals surface area contributed by atoms with E-state index >= 15 is 0 Å². The largest absolute Gasteiger partial charge is 0.457 e. The first-order valence-corrected chi connectivity index (χ1v) is 5.16. The van der Waals surface area contributed by atoms with Gasteiger partial charge in [-0.05, 0) is 31.9 Å². The molecule has 0 unspecified atom stereocenters. The number of esters is 1. The molecule has 0 N–H and O–H groups in total. The summed E-state index contributed by atoms with van der Waals surface area (Å²) in [5, 5.41) is 0. The van der Waals surface area contributed by atoms with Crippen molar-refractivity contribution in [1.82, 2.24) is 0 Å². The van der Waals surface area contributed by atoms with Crippen molar-refractivity contribution in [3.63, 3.8) is 0 Å². The summed E-state index contributed by atoms with van der Waals surface area (Å²) in [7, 11) is 0. The lowest BCUT2D eigenvalue weighted by atomic mass is 9.97. The zero-order chi connectivity index (χ0) is 12.3. The lowest BCUT2D eigenvalue weighted by Gasteiger charge is -2.10. The molecule has 0 aliphatic heterocycles. The molecule has 0 atom stereocenters. The molecule has 3 heteroatoms. The van der Waals surface area contributed by atoms with E-state index in [4.69, 9.17) is 4.74 Å². The normalized spacial score (nSPS) is 10.0. The first kappa shape index (κ1) is 12.4. The number of carbonyl (C=O) groups excluding carboxylic acids is 2. The molecule has 0 fully saturated rings. The molecule has 0 aliphatic carbocycles. The topological polar surface area (TPSA) is 43.4 Å². The zero-order valence-electron chi connectivity index (χ0n) is 10.1. The van der Waals surface area contributed by atoms with Gasteiger partial charge in [-0.3, -0.25) is 9.59 Å². The Balaban J connectivity index is 2.95. The molecule has 0 amide bonds. The Morgan fingerprint density at radius 3 is 2.06 bits per heavy atom. The molecule has 16 heavy (non-hydrogen) atoms. The minimum absolute atomic E-state index is 0.148. The van der Waals surface area contributed by atoms with Gasteiger partial charge in [0.2, 0.25) is 5.78 Å². The third-order valence-corrected chi connectivity index (χ3v) is 2.36. The van der Waals surface area contributed by atoms with Gasteiger partial charge in [0.1, 0.15) is 0 Å². The van der Waals surface area contributed by atoms with E-state index in [-0.39, 0.29) is 12.4 Å². The Morgan fingerprint density at radius 2 is 1.62 bits per heavy atom. The van der Waals surface area contributed by atoms with Gasteiger partial charge >= 0.3 is 5.97 Å². The van der Waals surface area contributed by atoms with Gasteiger partial charge in [0.15, 0.2) is 6.61 Å². The fraction of sp³-hybridized carbons (Fsp3) is 0.385. The summed E-state index contributed by atoms with van der Waals surface area (Å²) >= 11 is 0. The summed E-state index contributed by atoms with van der Waals surface area (Å²) in [5.41, 5.74) is 3.63. The highest BCUT2D eigenvalue weighted by molar-refractivity contribution is 6.00. The molecule has 0 heterocycles. The molecule has 0 aliphatic rings. The van der Waals surface area contributed by atoms with Gasteiger partial charge in [-0.2, -0.15) is 0 Å². The van der Waals surface area contributed by atoms with Gasteiger partial charge < -0.3 is 4.74 Å². The Morgan fingerprint density at radius 1 is 1.12 bits per heavy atom. The van der Waals surface area contributed by atoms with Crippen LogP contribution in [0, 0.1) is 20.8 Å². The predicted octanol–water partition coefficient (Wildman–Crippen LogP) is 2.36. The summed E-state index contributed by atoms with van der Waals surface area (Å²) < 4.78 is 4.71. The first-order chi connectivity index (χ1) is 7.41. The lowest BCUT2D eigenvalue weighted by Crippen LogP contribution is -2.14. The highest BCUT2D eigenvalue weighted by Gasteiger charge is 2.13. The van der Waals surface area contributed by atoms with Crippen molar-refractivity contribution < 1.29 is 14.3 Å². The summed E-state index contributed by atoms with van der Waals surface area (Å²) in [6.45, 7) is 6.88. The van der Waals surface area contributed by atoms with Crippen molar-refractivity contribution in [2.45, 2.75) is 27.7 Å². The Hall–Kier alpha value is -1.64. The number of carbonyl (C=O) groups is 2. The van der Waals surface area contributed by atoms with E-state index in [1.807, 2.05) is 32.9 Å². The molecule has 3 nitrogen and oxygen atoms in total. The SMILES string of the molecule is CC(=O)OCC(=O)c1c(C)cc(C)cc1C. The lowest BCUT2D eigenvalue weighted by molar-refractivity contribution is -0.139.